The summed E-state index contributed by atoms with van der Waals surface area (Å²) in [5.41, 5.74) is 0. The van der Waals surface area contributed by atoms with Crippen LogP contribution in [0.5, 0.6) is 0 Å². The summed E-state index contributed by atoms with van der Waals surface area (Å²) in [6.07, 6.45) is 0. The Morgan fingerprint density at radius 1 is 0.818 bits per heavy atom. The van der Waals surface area contributed by atoms with Gasteiger partial charge >= 0.3 is 0 Å². The van der Waals surface area contributed by atoms with E-state index >= 15 is 0 Å². The first-order chi connectivity index (χ1) is 4.97. The second-order valence-electron chi connectivity index (χ2n) is 1.50. The van der Waals surface area contributed by atoms with Crippen LogP contribution in [0.2, 0.25) is 0 Å². The number of hydrogen-bond acceptors (Lipinski definition) is 6. The van der Waals surface area contributed by atoms with Crippen molar-refractivity contribution in [1.29, 1.82) is 0 Å². The molecule has 61 valence electrons. The van der Waals surface area contributed by atoms with E-state index in [0.29, 0.717) is 11.6 Å². The molecule has 0 amide bonds. The van der Waals surface area contributed by atoms with Crippen LogP contribution in [0.1, 0.15) is 0 Å². The quantitative estimate of drug-likeness (QED) is 0.537. The van der Waals surface area contributed by atoms with Gasteiger partial charge in [0.25, 0.3) is 0 Å². The predicted octanol–water partition coefficient (Wildman–Crippen LogP) is -1.62. The molecule has 1 radical (unpaired) electrons. The maximum atomic E-state index is 3.57. The van der Waals surface area contributed by atoms with Crippen LogP contribution in [-0.2, 0) is 17.1 Å². The molecule has 11 heavy (non-hydrogen) atoms. The van der Waals surface area contributed by atoms with Gasteiger partial charge in [-0.1, -0.05) is 0 Å². The van der Waals surface area contributed by atoms with Crippen LogP contribution in [0.25, 0.3) is 11.6 Å². The van der Waals surface area contributed by atoms with Gasteiger partial charge in [0, 0.05) is 17.1 Å². The van der Waals surface area contributed by atoms with Gasteiger partial charge < -0.3 is 0 Å². The fraction of sp³-hybridized carbons (Fsp3) is 0. The average Bonchev–Trinajstić information content (AvgIpc) is 2.59. The van der Waals surface area contributed by atoms with Crippen LogP contribution in [0.3, 0.4) is 0 Å². The van der Waals surface area contributed by atoms with Crippen molar-refractivity contribution in [1.82, 2.24) is 41.2 Å². The Morgan fingerprint density at radius 2 is 1.27 bits per heavy atom. The maximum absolute atomic E-state index is 3.57. The second kappa shape index (κ2) is 3.17. The Bertz CT molecular complexity index is 252. The van der Waals surface area contributed by atoms with Crippen molar-refractivity contribution in [2.75, 3.05) is 0 Å². The number of hydrogen-bond donors (Lipinski definition) is 2. The summed E-state index contributed by atoms with van der Waals surface area (Å²) >= 11 is 0. The number of H-pyrrole nitrogens is 2. The molecule has 0 atom stereocenters. The number of nitrogens with zero attached hydrogens (tertiary/aromatic N) is 6. The Balaban J connectivity index is 0.000000605. The SMILES string of the molecule is [Cu].n1n[nH]c(-c2nnn[nH]2)n1. The van der Waals surface area contributed by atoms with Crippen LogP contribution in [-0.4, -0.2) is 41.2 Å². The zero-order chi connectivity index (χ0) is 6.81. The number of nitrogens with one attached hydrogen (secondary N) is 2. The van der Waals surface area contributed by atoms with E-state index in [-0.39, 0.29) is 17.1 Å². The molecule has 0 saturated heterocycles. The second-order valence-corrected chi connectivity index (χ2v) is 1.50. The monoisotopic (exact) mass is 201 g/mol. The fourth-order valence-corrected chi connectivity index (χ4v) is 0.519. The van der Waals surface area contributed by atoms with Crippen LogP contribution >= 0.6 is 0 Å². The third kappa shape index (κ3) is 1.38. The molecule has 0 saturated carbocycles. The first kappa shape index (κ1) is 7.76. The van der Waals surface area contributed by atoms with Gasteiger partial charge in [-0.3, -0.25) is 0 Å². The molecular formula is C2H2CuN8. The van der Waals surface area contributed by atoms with Gasteiger partial charge in [0.2, 0.25) is 11.6 Å². The molecule has 8 nitrogen and oxygen atoms in total. The number of rotatable bonds is 1. The molecule has 0 aliphatic heterocycles. The van der Waals surface area contributed by atoms with E-state index in [4.69, 9.17) is 0 Å². The Hall–Kier alpha value is -1.34. The van der Waals surface area contributed by atoms with Gasteiger partial charge in [-0.15, -0.1) is 10.2 Å². The van der Waals surface area contributed by atoms with Crippen molar-refractivity contribution in [3.63, 3.8) is 0 Å². The number of tetrazole rings is 2. The molecular weight excluding hydrogens is 200 g/mol. The molecule has 2 aromatic heterocycles. The zero-order valence-corrected chi connectivity index (χ0v) is 5.93. The minimum Gasteiger partial charge on any atom is -0.236 e. The minimum absolute atomic E-state index is 0. The van der Waals surface area contributed by atoms with Gasteiger partial charge in [-0.2, -0.15) is 0 Å². The summed E-state index contributed by atoms with van der Waals surface area (Å²) in [5.74, 6) is 0.843. The Labute approximate surface area is 70.6 Å². The smallest absolute Gasteiger partial charge is 0.218 e. The molecule has 0 bridgehead atoms. The third-order valence-corrected chi connectivity index (χ3v) is 0.915. The van der Waals surface area contributed by atoms with E-state index in [1.807, 2.05) is 0 Å². The summed E-state index contributed by atoms with van der Waals surface area (Å²) in [6.45, 7) is 0. The molecule has 2 heterocycles. The minimum atomic E-state index is 0. The molecule has 0 unspecified atom stereocenters. The van der Waals surface area contributed by atoms with Gasteiger partial charge in [-0.05, 0) is 20.9 Å². The molecule has 9 heteroatoms. The topological polar surface area (TPSA) is 109 Å². The normalized spacial score (nSPS) is 9.09. The third-order valence-electron chi connectivity index (χ3n) is 0.915. The molecule has 0 aliphatic rings. The molecule has 0 aliphatic carbocycles. The van der Waals surface area contributed by atoms with Gasteiger partial charge in [0.15, 0.2) is 0 Å². The number of aromatic nitrogens is 8. The first-order valence-electron chi connectivity index (χ1n) is 2.44. The first-order valence-corrected chi connectivity index (χ1v) is 2.44. The Kier molecular flexibility index (Phi) is 2.24. The van der Waals surface area contributed by atoms with Crippen molar-refractivity contribution in [2.24, 2.45) is 0 Å². The summed E-state index contributed by atoms with van der Waals surface area (Å²) < 4.78 is 0. The van der Waals surface area contributed by atoms with Gasteiger partial charge in [0.1, 0.15) is 0 Å². The predicted molar refractivity (Wildman–Crippen MR) is 27.3 cm³/mol. The van der Waals surface area contributed by atoms with Crippen molar-refractivity contribution in [2.45, 2.75) is 0 Å². The standard InChI is InChI=1S/C2H2N8.Cu/c3-1(4-8-7-3)2-5-9-10-6-2;/h(H,3,4,7,8)(H,5,6,9,10);. The van der Waals surface area contributed by atoms with E-state index in [1.54, 1.807) is 0 Å². The molecule has 0 aromatic carbocycles. The van der Waals surface area contributed by atoms with Gasteiger partial charge in [-0.25, -0.2) is 10.2 Å². The van der Waals surface area contributed by atoms with Gasteiger partial charge in [0.05, 0.1) is 0 Å². The largest absolute Gasteiger partial charge is 0.236 e. The van der Waals surface area contributed by atoms with Crippen LogP contribution in [0.4, 0.5) is 0 Å². The summed E-state index contributed by atoms with van der Waals surface area (Å²) in [4.78, 5) is 0. The van der Waals surface area contributed by atoms with E-state index in [9.17, 15) is 0 Å². The summed E-state index contributed by atoms with van der Waals surface area (Å²) in [6, 6.07) is 0. The van der Waals surface area contributed by atoms with E-state index in [1.165, 1.54) is 0 Å². The molecule has 2 rings (SSSR count). The van der Waals surface area contributed by atoms with Crippen LogP contribution in [0, 0.1) is 0 Å². The van der Waals surface area contributed by atoms with E-state index in [0.717, 1.165) is 0 Å². The number of aromatic amines is 2. The average molecular weight is 202 g/mol. The van der Waals surface area contributed by atoms with Crippen molar-refractivity contribution in [3.05, 3.63) is 0 Å². The summed E-state index contributed by atoms with van der Waals surface area (Å²) in [5, 5.41) is 25.5. The molecule has 0 spiro atoms. The van der Waals surface area contributed by atoms with Crippen LogP contribution in [0.15, 0.2) is 0 Å². The van der Waals surface area contributed by atoms with E-state index in [2.05, 4.69) is 41.2 Å². The zero-order valence-electron chi connectivity index (χ0n) is 4.98. The van der Waals surface area contributed by atoms with Crippen LogP contribution < -0.4 is 0 Å². The van der Waals surface area contributed by atoms with Crippen molar-refractivity contribution in [3.8, 4) is 11.6 Å². The Morgan fingerprint density at radius 3 is 1.55 bits per heavy atom. The van der Waals surface area contributed by atoms with Crippen molar-refractivity contribution >= 4 is 0 Å². The van der Waals surface area contributed by atoms with Crippen molar-refractivity contribution < 1.29 is 17.1 Å². The van der Waals surface area contributed by atoms with E-state index < -0.39 is 0 Å². The summed E-state index contributed by atoms with van der Waals surface area (Å²) in [7, 11) is 0. The molecule has 2 N–H and O–H groups in total. The fourth-order valence-electron chi connectivity index (χ4n) is 0.519. The maximum Gasteiger partial charge on any atom is 0.218 e. The molecule has 0 fully saturated rings. The molecule has 2 aromatic rings.